The average Bonchev–Trinajstić information content (AvgIpc) is 4.53. The van der Waals surface area contributed by atoms with E-state index in [2.05, 4.69) is 63.1 Å². The minimum atomic E-state index is -0.287. The van der Waals surface area contributed by atoms with Crippen molar-refractivity contribution in [3.63, 3.8) is 0 Å². The molecule has 4 bridgehead atoms. The van der Waals surface area contributed by atoms with Crippen LogP contribution < -0.4 is 0 Å². The van der Waals surface area contributed by atoms with Crippen LogP contribution >= 0.6 is 0 Å². The number of aliphatic hydroxyl groups is 2. The summed E-state index contributed by atoms with van der Waals surface area (Å²) < 4.78 is 6.44. The maximum absolute atomic E-state index is 13.4. The first kappa shape index (κ1) is 56.7. The number of benzene rings is 3. The topological polar surface area (TPSA) is 184 Å². The van der Waals surface area contributed by atoms with Gasteiger partial charge in [0.1, 0.15) is 0 Å². The molecular weight excluding hydrogens is 1020 g/mol. The molecular formula is C69H78N8O5. The van der Waals surface area contributed by atoms with Crippen LogP contribution in [-0.4, -0.2) is 101 Å². The van der Waals surface area contributed by atoms with Crippen LogP contribution in [0.1, 0.15) is 198 Å². The molecule has 3 aromatic heterocycles. The molecule has 7 heterocycles. The van der Waals surface area contributed by atoms with Crippen LogP contribution in [0.5, 0.6) is 0 Å². The lowest BCUT2D eigenvalue weighted by atomic mass is 9.75. The van der Waals surface area contributed by atoms with E-state index in [0.717, 1.165) is 109 Å². The van der Waals surface area contributed by atoms with Crippen LogP contribution in [0.3, 0.4) is 0 Å². The lowest BCUT2D eigenvalue weighted by Crippen LogP contribution is -2.36. The van der Waals surface area contributed by atoms with Crippen molar-refractivity contribution >= 4 is 17.3 Å². The van der Waals surface area contributed by atoms with Gasteiger partial charge >= 0.3 is 0 Å². The first-order valence-electron chi connectivity index (χ1n) is 30.3. The SMILES string of the molecule is Cc1c(C(=O)CN2C3CCC2[C@@H](O)C3)cc([C@@H](C)C2CCC2)n1-c1ccc(C#N)cc1.Cc1c(C(=O)CN2C3CCC2[C@@H](O)C3)cc([C@H](C)C2CCC2)n1-c1ccc(C#N)cc1.Cc1ccc(C(=O)C2CCC2)n1-c1ccc(C#N)cc1. The predicted octanol–water partition coefficient (Wildman–Crippen LogP) is 12.3. The molecule has 4 aliphatic heterocycles. The molecule has 7 fully saturated rings. The van der Waals surface area contributed by atoms with E-state index in [4.69, 9.17) is 15.8 Å². The second kappa shape index (κ2) is 24.0. The highest BCUT2D eigenvalue weighted by molar-refractivity contribution is 6.00. The minimum absolute atomic E-state index is 0.142. The third-order valence-corrected chi connectivity index (χ3v) is 20.3. The minimum Gasteiger partial charge on any atom is -0.391 e. The van der Waals surface area contributed by atoms with Crippen LogP contribution in [0.4, 0.5) is 0 Å². The summed E-state index contributed by atoms with van der Waals surface area (Å²) in [4.78, 5) is 43.8. The molecule has 2 N–H and O–H groups in total. The van der Waals surface area contributed by atoms with Crippen LogP contribution in [0.15, 0.2) is 97.1 Å². The van der Waals surface area contributed by atoms with E-state index in [-0.39, 0.29) is 47.6 Å². The zero-order valence-corrected chi connectivity index (χ0v) is 48.3. The van der Waals surface area contributed by atoms with Gasteiger partial charge in [-0.3, -0.25) is 24.2 Å². The Morgan fingerprint density at radius 2 is 0.890 bits per heavy atom. The Labute approximate surface area is 483 Å². The predicted molar refractivity (Wildman–Crippen MR) is 316 cm³/mol. The second-order valence-corrected chi connectivity index (χ2v) is 24.8. The second-order valence-electron chi connectivity index (χ2n) is 24.8. The molecule has 13 heteroatoms. The maximum Gasteiger partial charge on any atom is 0.182 e. The van der Waals surface area contributed by atoms with Gasteiger partial charge in [0.25, 0.3) is 0 Å². The molecule has 0 radical (unpaired) electrons. The molecule has 3 saturated carbocycles. The summed E-state index contributed by atoms with van der Waals surface area (Å²) in [6.07, 6.45) is 15.9. The largest absolute Gasteiger partial charge is 0.391 e. The van der Waals surface area contributed by atoms with Gasteiger partial charge in [0, 0.05) is 86.7 Å². The van der Waals surface area contributed by atoms with Gasteiger partial charge in [-0.25, -0.2) is 0 Å². The van der Waals surface area contributed by atoms with Gasteiger partial charge in [-0.1, -0.05) is 33.1 Å². The van der Waals surface area contributed by atoms with E-state index >= 15 is 0 Å². The van der Waals surface area contributed by atoms with Gasteiger partial charge in [0.05, 0.1) is 65.9 Å². The first-order valence-corrected chi connectivity index (χ1v) is 30.3. The molecule has 0 spiro atoms. The third-order valence-electron chi connectivity index (χ3n) is 20.3. The van der Waals surface area contributed by atoms with Crippen LogP contribution in [0.2, 0.25) is 0 Å². The van der Waals surface area contributed by atoms with Crippen molar-refractivity contribution in [1.29, 1.82) is 15.8 Å². The van der Waals surface area contributed by atoms with Gasteiger partial charge < -0.3 is 23.9 Å². The molecule has 3 aromatic carbocycles. The lowest BCUT2D eigenvalue weighted by molar-refractivity contribution is 0.0844. The lowest BCUT2D eigenvalue weighted by Gasteiger charge is -2.32. The van der Waals surface area contributed by atoms with Gasteiger partial charge in [-0.15, -0.1) is 0 Å². The van der Waals surface area contributed by atoms with Crippen LogP contribution in [0.25, 0.3) is 17.1 Å². The van der Waals surface area contributed by atoms with Gasteiger partial charge in [0.2, 0.25) is 0 Å². The molecule has 82 heavy (non-hydrogen) atoms. The summed E-state index contributed by atoms with van der Waals surface area (Å²) in [7, 11) is 0. The van der Waals surface area contributed by atoms with Gasteiger partial charge in [0.15, 0.2) is 17.3 Å². The molecule has 4 unspecified atom stereocenters. The van der Waals surface area contributed by atoms with Crippen molar-refractivity contribution in [1.82, 2.24) is 23.5 Å². The number of Topliss-reactive ketones (excluding diaryl/α,β-unsaturated/α-hetero) is 3. The van der Waals surface area contributed by atoms with Gasteiger partial charge in [-0.2, -0.15) is 15.8 Å². The number of carbonyl (C=O) groups excluding carboxylic acids is 3. The molecule has 3 aliphatic carbocycles. The molecule has 0 amide bonds. The van der Waals surface area contributed by atoms with Crippen molar-refractivity contribution in [3.8, 4) is 35.3 Å². The zero-order valence-electron chi connectivity index (χ0n) is 48.3. The number of aliphatic hydroxyl groups excluding tert-OH is 2. The fourth-order valence-corrected chi connectivity index (χ4v) is 14.7. The van der Waals surface area contributed by atoms with Crippen molar-refractivity contribution in [3.05, 3.63) is 159 Å². The number of fused-ring (bicyclic) bond motifs is 4. The standard InChI is InChI=1S/2C26H31N3O2.C17H16N2O/c2*1-16(19-4-3-5-19)24-13-22(17(2)29(24)20-8-6-18(14-27)7-9-20)26(31)15-28-21-10-11-23(28)25(30)12-21;1-12-5-10-16(17(20)14-3-2-4-14)19(12)15-8-6-13(11-18)7-9-15/h2*6-9,13,16,19,21,23,25,30H,3-5,10-12,15H2,1-2H3;5-10,14H,2-4H2,1H3/t16-,21?,23?,25+;16-,21?,23?,25-;/m10./s1. The molecule has 424 valence electrons. The van der Waals surface area contributed by atoms with Gasteiger partial charge in [-0.05, 0) is 219 Å². The van der Waals surface area contributed by atoms with Crippen molar-refractivity contribution in [2.24, 2.45) is 17.8 Å². The van der Waals surface area contributed by atoms with Crippen LogP contribution in [-0.2, 0) is 0 Å². The summed E-state index contributed by atoms with van der Waals surface area (Å²) in [6, 6.07) is 38.2. The number of ketones is 3. The highest BCUT2D eigenvalue weighted by Crippen LogP contribution is 2.44. The number of aryl methyl sites for hydroxylation is 1. The number of nitriles is 3. The Balaban J connectivity index is 0.000000132. The maximum atomic E-state index is 13.4. The number of aromatic nitrogens is 3. The highest BCUT2D eigenvalue weighted by atomic mass is 16.3. The average molecular weight is 1100 g/mol. The van der Waals surface area contributed by atoms with Crippen molar-refractivity contribution < 1.29 is 24.6 Å². The summed E-state index contributed by atoms with van der Waals surface area (Å²) >= 11 is 0. The summed E-state index contributed by atoms with van der Waals surface area (Å²) in [5, 5.41) is 47.7. The Kier molecular flexibility index (Phi) is 16.6. The number of nitrogens with zero attached hydrogens (tertiary/aromatic N) is 8. The number of rotatable bonds is 15. The van der Waals surface area contributed by atoms with E-state index in [0.29, 0.717) is 65.5 Å². The smallest absolute Gasteiger partial charge is 0.182 e. The fourth-order valence-electron chi connectivity index (χ4n) is 14.7. The quantitative estimate of drug-likeness (QED) is 0.0938. The molecule has 13 rings (SSSR count). The first-order chi connectivity index (χ1) is 39.6. The number of carbonyl (C=O) groups is 3. The van der Waals surface area contributed by atoms with Crippen LogP contribution in [0, 0.1) is 72.5 Å². The monoisotopic (exact) mass is 1100 g/mol. The summed E-state index contributed by atoms with van der Waals surface area (Å²) in [5.74, 6) is 2.84. The Bertz CT molecular complexity index is 3290. The zero-order chi connectivity index (χ0) is 57.5. The molecule has 13 nitrogen and oxygen atoms in total. The van der Waals surface area contributed by atoms with Crippen molar-refractivity contribution in [2.45, 2.75) is 179 Å². The Morgan fingerprint density at radius 3 is 1.20 bits per heavy atom. The van der Waals surface area contributed by atoms with E-state index in [1.165, 1.54) is 49.9 Å². The molecule has 4 saturated heterocycles. The molecule has 6 aromatic rings. The molecule has 8 atom stereocenters. The number of hydrogen-bond donors (Lipinski definition) is 2. The Hall–Kier alpha value is -7.18. The van der Waals surface area contributed by atoms with E-state index in [1.807, 2.05) is 98.1 Å². The van der Waals surface area contributed by atoms with E-state index < -0.39 is 0 Å². The van der Waals surface area contributed by atoms with E-state index in [9.17, 15) is 24.6 Å². The third kappa shape index (κ3) is 10.9. The van der Waals surface area contributed by atoms with E-state index in [1.54, 1.807) is 12.1 Å². The Morgan fingerprint density at radius 1 is 0.512 bits per heavy atom. The number of hydrogen-bond acceptors (Lipinski definition) is 10. The fraction of sp³-hybridized carbons (Fsp3) is 0.478. The summed E-state index contributed by atoms with van der Waals surface area (Å²) in [6.45, 7) is 11.4. The highest BCUT2D eigenvalue weighted by Gasteiger charge is 2.47. The summed E-state index contributed by atoms with van der Waals surface area (Å²) in [5.41, 5.74) is 12.6. The normalized spacial score (nSPS) is 23.7. The van der Waals surface area contributed by atoms with Crippen molar-refractivity contribution in [2.75, 3.05) is 13.1 Å². The molecule has 7 aliphatic rings.